The van der Waals surface area contributed by atoms with Crippen LogP contribution in [-0.4, -0.2) is 4.98 Å². The Balaban J connectivity index is 1.82. The van der Waals surface area contributed by atoms with Crippen LogP contribution in [0, 0.1) is 18.3 Å². The summed E-state index contributed by atoms with van der Waals surface area (Å²) in [7, 11) is 0. The molecule has 0 aliphatic rings. The third-order valence-electron chi connectivity index (χ3n) is 3.51. The Hall–Kier alpha value is -2.32. The lowest BCUT2D eigenvalue weighted by molar-refractivity contribution is 1.36. The van der Waals surface area contributed by atoms with Gasteiger partial charge < -0.3 is 5.32 Å². The van der Waals surface area contributed by atoms with E-state index in [2.05, 4.69) is 16.4 Å². The van der Waals surface area contributed by atoms with Crippen LogP contribution in [0.25, 0.3) is 16.8 Å². The van der Waals surface area contributed by atoms with Crippen LogP contribution in [0.5, 0.6) is 0 Å². The number of nitriles is 1. The van der Waals surface area contributed by atoms with E-state index >= 15 is 0 Å². The molecule has 0 unspecified atom stereocenters. The van der Waals surface area contributed by atoms with E-state index in [1.165, 1.54) is 16.9 Å². The van der Waals surface area contributed by atoms with Gasteiger partial charge in [0.15, 0.2) is 0 Å². The van der Waals surface area contributed by atoms with Crippen molar-refractivity contribution in [3.8, 4) is 17.3 Å². The maximum absolute atomic E-state index is 9.43. The highest BCUT2D eigenvalue weighted by Crippen LogP contribution is 2.28. The lowest BCUT2D eigenvalue weighted by Gasteiger charge is -2.03. The third kappa shape index (κ3) is 4.21. The van der Waals surface area contributed by atoms with E-state index in [0.29, 0.717) is 20.6 Å². The molecule has 0 bridgehead atoms. The van der Waals surface area contributed by atoms with Crippen LogP contribution in [0.15, 0.2) is 54.0 Å². The first-order valence-electron chi connectivity index (χ1n) is 7.41. The quantitative estimate of drug-likeness (QED) is 0.528. The number of rotatable bonds is 4. The number of aryl methyl sites for hydroxylation is 1. The van der Waals surface area contributed by atoms with Gasteiger partial charge >= 0.3 is 0 Å². The molecule has 6 heteroatoms. The Morgan fingerprint density at radius 2 is 1.92 bits per heavy atom. The van der Waals surface area contributed by atoms with Gasteiger partial charge in [-0.1, -0.05) is 53.0 Å². The van der Waals surface area contributed by atoms with E-state index in [1.807, 2.05) is 36.6 Å². The first-order valence-corrected chi connectivity index (χ1v) is 9.05. The van der Waals surface area contributed by atoms with E-state index in [1.54, 1.807) is 24.4 Å². The minimum atomic E-state index is 0.453. The number of hydrogen-bond donors (Lipinski definition) is 1. The fourth-order valence-electron chi connectivity index (χ4n) is 2.14. The molecule has 3 rings (SSSR count). The Labute approximate surface area is 160 Å². The minimum absolute atomic E-state index is 0.453. The average molecular weight is 386 g/mol. The van der Waals surface area contributed by atoms with Gasteiger partial charge in [-0.2, -0.15) is 5.26 Å². The molecule has 1 heterocycles. The number of allylic oxidation sites excluding steroid dienone is 1. The van der Waals surface area contributed by atoms with Crippen molar-refractivity contribution < 1.29 is 0 Å². The largest absolute Gasteiger partial charge is 0.360 e. The highest BCUT2D eigenvalue weighted by atomic mass is 35.5. The zero-order chi connectivity index (χ0) is 17.8. The Morgan fingerprint density at radius 1 is 1.16 bits per heavy atom. The minimum Gasteiger partial charge on any atom is -0.360 e. The van der Waals surface area contributed by atoms with Gasteiger partial charge in [0.2, 0.25) is 0 Å². The van der Waals surface area contributed by atoms with Crippen molar-refractivity contribution in [2.75, 3.05) is 5.32 Å². The van der Waals surface area contributed by atoms with Crippen molar-refractivity contribution in [3.05, 3.63) is 74.7 Å². The van der Waals surface area contributed by atoms with E-state index < -0.39 is 0 Å². The second-order valence-electron chi connectivity index (χ2n) is 5.35. The third-order valence-corrected chi connectivity index (χ3v) is 5.12. The molecule has 0 spiro atoms. The van der Waals surface area contributed by atoms with Crippen molar-refractivity contribution in [2.24, 2.45) is 0 Å². The van der Waals surface area contributed by atoms with Crippen LogP contribution in [-0.2, 0) is 0 Å². The SMILES string of the molecule is Cc1ccc(-c2csc(/C(C#N)=C/Nc3ccc(Cl)c(Cl)c3)n2)cc1. The van der Waals surface area contributed by atoms with Gasteiger partial charge in [-0.15, -0.1) is 11.3 Å². The molecular formula is C19H13Cl2N3S. The van der Waals surface area contributed by atoms with Gasteiger partial charge in [0.1, 0.15) is 16.6 Å². The molecule has 0 aliphatic heterocycles. The maximum Gasteiger partial charge on any atom is 0.136 e. The van der Waals surface area contributed by atoms with Gasteiger partial charge in [0.25, 0.3) is 0 Å². The molecule has 2 aromatic carbocycles. The summed E-state index contributed by atoms with van der Waals surface area (Å²) in [6, 6.07) is 15.5. The van der Waals surface area contributed by atoms with Gasteiger partial charge in [-0.3, -0.25) is 0 Å². The molecule has 1 aromatic heterocycles. The lowest BCUT2D eigenvalue weighted by atomic mass is 10.1. The molecule has 0 fully saturated rings. The number of halogens is 2. The summed E-state index contributed by atoms with van der Waals surface area (Å²) in [4.78, 5) is 4.57. The molecule has 0 radical (unpaired) electrons. The fourth-order valence-corrected chi connectivity index (χ4v) is 3.23. The van der Waals surface area contributed by atoms with E-state index in [9.17, 15) is 5.26 Å². The molecule has 0 atom stereocenters. The first-order chi connectivity index (χ1) is 12.1. The van der Waals surface area contributed by atoms with Crippen LogP contribution in [0.3, 0.4) is 0 Å². The number of benzene rings is 2. The highest BCUT2D eigenvalue weighted by Gasteiger charge is 2.09. The zero-order valence-electron chi connectivity index (χ0n) is 13.3. The smallest absolute Gasteiger partial charge is 0.136 e. The molecule has 124 valence electrons. The molecule has 25 heavy (non-hydrogen) atoms. The first kappa shape index (κ1) is 17.5. The number of anilines is 1. The normalized spacial score (nSPS) is 11.2. The number of aromatic nitrogens is 1. The molecule has 1 N–H and O–H groups in total. The van der Waals surface area contributed by atoms with Crippen molar-refractivity contribution >= 4 is 45.8 Å². The van der Waals surface area contributed by atoms with E-state index in [4.69, 9.17) is 23.2 Å². The predicted octanol–water partition coefficient (Wildman–Crippen LogP) is 6.40. The Kier molecular flexibility index (Phi) is 5.40. The second kappa shape index (κ2) is 7.71. The van der Waals surface area contributed by atoms with Crippen LogP contribution < -0.4 is 5.32 Å². The molecule has 3 nitrogen and oxygen atoms in total. The van der Waals surface area contributed by atoms with Gasteiger partial charge in [0.05, 0.1) is 15.7 Å². The van der Waals surface area contributed by atoms with Crippen LogP contribution in [0.1, 0.15) is 10.6 Å². The molecule has 0 aliphatic carbocycles. The summed E-state index contributed by atoms with van der Waals surface area (Å²) in [6.45, 7) is 2.04. The van der Waals surface area contributed by atoms with Crippen molar-refractivity contribution in [1.82, 2.24) is 4.98 Å². The van der Waals surface area contributed by atoms with Gasteiger partial charge in [-0.05, 0) is 25.1 Å². The summed E-state index contributed by atoms with van der Waals surface area (Å²) in [6.07, 6.45) is 1.62. The average Bonchev–Trinajstić information content (AvgIpc) is 3.09. The topological polar surface area (TPSA) is 48.7 Å². The summed E-state index contributed by atoms with van der Waals surface area (Å²) in [5.41, 5.74) is 4.29. The predicted molar refractivity (Wildman–Crippen MR) is 106 cm³/mol. The van der Waals surface area contributed by atoms with E-state index in [0.717, 1.165) is 16.9 Å². The summed E-state index contributed by atoms with van der Waals surface area (Å²) in [5, 5.41) is 16.0. The molecular weight excluding hydrogens is 373 g/mol. The monoisotopic (exact) mass is 385 g/mol. The van der Waals surface area contributed by atoms with Crippen LogP contribution >= 0.6 is 34.5 Å². The number of hydrogen-bond acceptors (Lipinski definition) is 4. The molecule has 0 saturated carbocycles. The highest BCUT2D eigenvalue weighted by molar-refractivity contribution is 7.11. The van der Waals surface area contributed by atoms with Crippen LogP contribution in [0.2, 0.25) is 10.0 Å². The number of nitrogens with zero attached hydrogens (tertiary/aromatic N) is 2. The number of nitrogens with one attached hydrogen (secondary N) is 1. The van der Waals surface area contributed by atoms with Crippen molar-refractivity contribution in [2.45, 2.75) is 6.92 Å². The fraction of sp³-hybridized carbons (Fsp3) is 0.0526. The van der Waals surface area contributed by atoms with Crippen molar-refractivity contribution in [1.29, 1.82) is 5.26 Å². The summed E-state index contributed by atoms with van der Waals surface area (Å²) < 4.78 is 0. The second-order valence-corrected chi connectivity index (χ2v) is 7.02. The maximum atomic E-state index is 9.43. The zero-order valence-corrected chi connectivity index (χ0v) is 15.6. The van der Waals surface area contributed by atoms with Gasteiger partial charge in [0, 0.05) is 22.8 Å². The standard InChI is InChI=1S/C19H13Cl2N3S/c1-12-2-4-13(5-3-12)18-11-25-19(24-18)14(9-22)10-23-15-6-7-16(20)17(21)8-15/h2-8,10-11,23H,1H3/b14-10+. The summed E-state index contributed by atoms with van der Waals surface area (Å²) in [5.74, 6) is 0. The van der Waals surface area contributed by atoms with Gasteiger partial charge in [-0.25, -0.2) is 4.98 Å². The van der Waals surface area contributed by atoms with E-state index in [-0.39, 0.29) is 0 Å². The summed E-state index contributed by atoms with van der Waals surface area (Å²) >= 11 is 13.3. The van der Waals surface area contributed by atoms with Crippen LogP contribution in [0.4, 0.5) is 5.69 Å². The Morgan fingerprint density at radius 3 is 2.60 bits per heavy atom. The molecule has 0 saturated heterocycles. The molecule has 3 aromatic rings. The lowest BCUT2D eigenvalue weighted by Crippen LogP contribution is -1.91. The Bertz CT molecular complexity index is 969. The molecule has 0 amide bonds. The number of thiazole rings is 1. The van der Waals surface area contributed by atoms with Crippen molar-refractivity contribution in [3.63, 3.8) is 0 Å².